The van der Waals surface area contributed by atoms with Crippen molar-refractivity contribution in [3.05, 3.63) is 340 Å². The molecule has 124 heavy (non-hydrogen) atoms. The maximum absolute atomic E-state index is 5.74. The predicted octanol–water partition coefficient (Wildman–Crippen LogP) is 27.0. The topological polar surface area (TPSA) is 103 Å². The molecule has 14 nitrogen and oxygen atoms in total. The Kier molecular flexibility index (Phi) is 17.0. The molecule has 23 aromatic rings. The highest BCUT2D eigenvalue weighted by atomic mass is 16.5. The van der Waals surface area contributed by atoms with E-state index >= 15 is 0 Å². The first-order valence-corrected chi connectivity index (χ1v) is 41.4. The first-order chi connectivity index (χ1) is 61.0. The van der Waals surface area contributed by atoms with Gasteiger partial charge in [0, 0.05) is 98.8 Å². The summed E-state index contributed by atoms with van der Waals surface area (Å²) in [6.45, 7) is 0. The Morgan fingerprint density at radius 1 is 0.121 bits per heavy atom. The van der Waals surface area contributed by atoms with Crippen LogP contribution in [-0.2, 0) is 0 Å². The van der Waals surface area contributed by atoms with Gasteiger partial charge in [-0.2, -0.15) is 0 Å². The van der Waals surface area contributed by atoms with E-state index in [2.05, 4.69) is 319 Å². The summed E-state index contributed by atoms with van der Waals surface area (Å²) in [4.78, 5) is 0. The highest BCUT2D eigenvalue weighted by Gasteiger charge is 2.24. The van der Waals surface area contributed by atoms with Gasteiger partial charge in [-0.1, -0.05) is 72.8 Å². The van der Waals surface area contributed by atoms with E-state index in [1.54, 1.807) is 56.9 Å². The molecule has 0 radical (unpaired) electrons. The monoisotopic (exact) mass is 1610 g/mol. The number of hydrogen-bond acceptors (Lipinski definition) is 8. The molecule has 0 saturated carbocycles. The minimum atomic E-state index is 0.801. The third-order valence-corrected chi connectivity index (χ3v) is 25.4. The normalized spacial score (nSPS) is 11.9. The van der Waals surface area contributed by atoms with Crippen LogP contribution in [0.25, 0.3) is 209 Å². The fraction of sp³-hybridized carbons (Fsp3) is 0.0727. The lowest BCUT2D eigenvalue weighted by Crippen LogP contribution is -1.97. The number of fused-ring (bicyclic) bond motifs is 18. The molecule has 0 fully saturated rings. The molecule has 598 valence electrons. The molecule has 0 aliphatic carbocycles. The molecule has 14 heteroatoms. The van der Waals surface area contributed by atoms with Crippen LogP contribution in [0.5, 0.6) is 46.0 Å². The molecule has 0 aliphatic heterocycles. The third kappa shape index (κ3) is 11.5. The summed E-state index contributed by atoms with van der Waals surface area (Å²) < 4.78 is 60.1. The molecule has 0 aliphatic rings. The van der Waals surface area contributed by atoms with Crippen LogP contribution in [0, 0.1) is 0 Å². The van der Waals surface area contributed by atoms with Gasteiger partial charge in [-0.05, 0) is 311 Å². The van der Waals surface area contributed by atoms with E-state index in [1.165, 1.54) is 0 Å². The van der Waals surface area contributed by atoms with Crippen molar-refractivity contribution in [2.45, 2.75) is 0 Å². The van der Waals surface area contributed by atoms with Crippen molar-refractivity contribution in [3.63, 3.8) is 0 Å². The van der Waals surface area contributed by atoms with Crippen molar-refractivity contribution in [2.75, 3.05) is 56.9 Å². The predicted molar refractivity (Wildman–Crippen MR) is 507 cm³/mol. The first-order valence-electron chi connectivity index (χ1n) is 41.4. The van der Waals surface area contributed by atoms with E-state index in [4.69, 9.17) is 37.9 Å². The standard InChI is InChI=1S/C110H80N6O8/c1-117-79-33-45-103-91(57-79)92-58-80(118-2)34-46-104(92)111(103)73-21-9-65(10-22-73)69-17-41-99-87(53-69)88-54-70(66-11-23-74(24-12-66)112-105-47-35-81(119-3)59-93(105)94-60-82(120-4)36-48-106(94)112)18-42-100(88)115(99)77-29-31-78(32-30-77)116-101-43-19-71(67-13-25-75(26-14-67)113-107-49-37-83(121-5)61-95(107)96-62-84(122-6)38-50-108(96)113)55-89(101)90-56-72(20-44-102(90)116)68-15-27-76(28-16-68)114-109-51-39-85(123-7)63-97(109)98-64-86(124-8)40-52-110(98)114/h9-64H,1-8H3. The fourth-order valence-electron chi connectivity index (χ4n) is 19.3. The van der Waals surface area contributed by atoms with E-state index in [9.17, 15) is 0 Å². The van der Waals surface area contributed by atoms with Crippen molar-refractivity contribution in [1.29, 1.82) is 0 Å². The molecule has 0 unspecified atom stereocenters. The van der Waals surface area contributed by atoms with E-state index in [1.807, 2.05) is 48.5 Å². The number of hydrogen-bond donors (Lipinski definition) is 0. The Balaban J connectivity index is 0.647. The lowest BCUT2D eigenvalue weighted by Gasteiger charge is -2.13. The lowest BCUT2D eigenvalue weighted by molar-refractivity contribution is 0.415. The van der Waals surface area contributed by atoms with Gasteiger partial charge in [-0.15, -0.1) is 0 Å². The summed E-state index contributed by atoms with van der Waals surface area (Å²) >= 11 is 0. The minimum Gasteiger partial charge on any atom is -0.497 e. The van der Waals surface area contributed by atoms with Gasteiger partial charge >= 0.3 is 0 Å². The second-order valence-electron chi connectivity index (χ2n) is 31.7. The second kappa shape index (κ2) is 28.9. The zero-order valence-electron chi connectivity index (χ0n) is 69.3. The largest absolute Gasteiger partial charge is 0.497 e. The number of rotatable bonds is 18. The zero-order valence-corrected chi connectivity index (χ0v) is 69.3. The van der Waals surface area contributed by atoms with E-state index < -0.39 is 0 Å². The van der Waals surface area contributed by atoms with E-state index in [-0.39, 0.29) is 0 Å². The van der Waals surface area contributed by atoms with Gasteiger partial charge in [0.05, 0.1) is 123 Å². The molecule has 17 aromatic carbocycles. The summed E-state index contributed by atoms with van der Waals surface area (Å²) in [5, 5.41) is 13.3. The Bertz CT molecular complexity index is 7120. The Labute approximate surface area is 713 Å². The summed E-state index contributed by atoms with van der Waals surface area (Å²) in [6, 6.07) is 123. The van der Waals surface area contributed by atoms with Gasteiger partial charge in [-0.3, -0.25) is 0 Å². The molecule has 0 atom stereocenters. The van der Waals surface area contributed by atoms with Gasteiger partial charge in [0.15, 0.2) is 0 Å². The van der Waals surface area contributed by atoms with Gasteiger partial charge in [-0.25, -0.2) is 0 Å². The average molecular weight is 1610 g/mol. The highest BCUT2D eigenvalue weighted by molar-refractivity contribution is 6.17. The van der Waals surface area contributed by atoms with Gasteiger partial charge in [0.25, 0.3) is 0 Å². The van der Waals surface area contributed by atoms with E-state index in [0.717, 1.165) is 255 Å². The van der Waals surface area contributed by atoms with Crippen molar-refractivity contribution in [2.24, 2.45) is 0 Å². The maximum atomic E-state index is 5.74. The highest BCUT2D eigenvalue weighted by Crippen LogP contribution is 2.46. The van der Waals surface area contributed by atoms with Crippen LogP contribution >= 0.6 is 0 Å². The third-order valence-electron chi connectivity index (χ3n) is 25.4. The van der Waals surface area contributed by atoms with Crippen LogP contribution in [0.4, 0.5) is 0 Å². The molecule has 0 saturated heterocycles. The van der Waals surface area contributed by atoms with Crippen LogP contribution in [0.2, 0.25) is 0 Å². The van der Waals surface area contributed by atoms with Gasteiger partial charge in [0.2, 0.25) is 0 Å². The first kappa shape index (κ1) is 73.1. The average Bonchev–Trinajstić information content (AvgIpc) is 1.57. The number of ether oxygens (including phenoxy) is 8. The molecule has 0 N–H and O–H groups in total. The molecular weight excluding hydrogens is 1530 g/mol. The molecule has 6 aromatic heterocycles. The van der Waals surface area contributed by atoms with E-state index in [0.29, 0.717) is 0 Å². The molecule has 23 rings (SSSR count). The quantitative estimate of drug-likeness (QED) is 0.0837. The summed E-state index contributed by atoms with van der Waals surface area (Å²) in [7, 11) is 13.7. The van der Waals surface area contributed by atoms with Crippen LogP contribution in [-0.4, -0.2) is 84.3 Å². The van der Waals surface area contributed by atoms with Crippen LogP contribution in [0.3, 0.4) is 0 Å². The smallest absolute Gasteiger partial charge is 0.119 e. The number of nitrogens with zero attached hydrogens (tertiary/aromatic N) is 6. The molecule has 0 amide bonds. The van der Waals surface area contributed by atoms with Crippen molar-refractivity contribution >= 4 is 131 Å². The Morgan fingerprint density at radius 2 is 0.234 bits per heavy atom. The van der Waals surface area contributed by atoms with Gasteiger partial charge in [0.1, 0.15) is 46.0 Å². The van der Waals surface area contributed by atoms with Crippen LogP contribution < -0.4 is 37.9 Å². The summed E-state index contributed by atoms with van der Waals surface area (Å²) in [5.41, 5.74) is 28.2. The van der Waals surface area contributed by atoms with Gasteiger partial charge < -0.3 is 65.3 Å². The Hall–Kier alpha value is -16.1. The molecule has 6 heterocycles. The fourth-order valence-corrected chi connectivity index (χ4v) is 19.3. The number of methoxy groups -OCH3 is 8. The molecular formula is C110H80N6O8. The number of benzene rings is 17. The van der Waals surface area contributed by atoms with Crippen molar-refractivity contribution < 1.29 is 37.9 Å². The maximum Gasteiger partial charge on any atom is 0.119 e. The summed E-state index contributed by atoms with van der Waals surface area (Å²) in [6.07, 6.45) is 0. The molecule has 0 bridgehead atoms. The van der Waals surface area contributed by atoms with Crippen molar-refractivity contribution in [3.8, 4) is 125 Å². The lowest BCUT2D eigenvalue weighted by atomic mass is 10.00. The molecule has 0 spiro atoms. The van der Waals surface area contributed by atoms with Crippen LogP contribution in [0.15, 0.2) is 340 Å². The number of aromatic nitrogens is 6. The van der Waals surface area contributed by atoms with Crippen LogP contribution in [0.1, 0.15) is 0 Å². The minimum absolute atomic E-state index is 0.801. The second-order valence-corrected chi connectivity index (χ2v) is 31.7. The van der Waals surface area contributed by atoms with Crippen molar-refractivity contribution in [1.82, 2.24) is 27.4 Å². The zero-order chi connectivity index (χ0) is 83.3. The SMILES string of the molecule is COc1ccc2c(c1)c1cc(OC)ccc1n2-c1ccc(-c2ccc3c(c2)c2cc(-c4ccc(-n5c6ccc(OC)cc6c6cc(OC)ccc65)cc4)ccc2n3-c2ccc(-n3c4ccc(-c5ccc(-n6c7ccc(OC)cc7c7cc(OC)ccc76)cc5)cc4c4cc(-c5ccc(-n6c7ccc(OC)cc7c7cc(OC)ccc76)cc5)ccc43)cc2)cc1. The Morgan fingerprint density at radius 3 is 0.371 bits per heavy atom. The summed E-state index contributed by atoms with van der Waals surface area (Å²) in [5.74, 6) is 6.41.